The number of carbonyl (C=O) groups is 1. The smallest absolute Gasteiger partial charge is 0.274 e. The second kappa shape index (κ2) is 9.21. The number of para-hydroxylation sites is 1. The minimum atomic E-state index is -0.367. The van der Waals surface area contributed by atoms with E-state index in [1.165, 1.54) is 24.5 Å². The molecule has 9 heteroatoms. The molecule has 168 valence electrons. The van der Waals surface area contributed by atoms with Gasteiger partial charge in [0.05, 0.1) is 17.3 Å². The molecule has 0 bridgehead atoms. The number of fused-ring (bicyclic) bond motifs is 1. The Morgan fingerprint density at radius 3 is 2.64 bits per heavy atom. The zero-order chi connectivity index (χ0) is 22.8. The molecule has 1 fully saturated rings. The summed E-state index contributed by atoms with van der Waals surface area (Å²) in [6.07, 6.45) is 3.13. The first-order valence-corrected chi connectivity index (χ1v) is 11.4. The summed E-state index contributed by atoms with van der Waals surface area (Å²) in [5.74, 6) is -0.275. The zero-order valence-corrected chi connectivity index (χ0v) is 18.9. The van der Waals surface area contributed by atoms with Gasteiger partial charge in [0.25, 0.3) is 5.91 Å². The van der Waals surface area contributed by atoms with Gasteiger partial charge in [0.15, 0.2) is 17.3 Å². The SMILES string of the molecule is COc1ccc(CN2CCN(C(=O)c3nccnc3-c3nc4ccccc4s3)CC2)cc1F. The predicted octanol–water partition coefficient (Wildman–Crippen LogP) is 3.86. The second-order valence-corrected chi connectivity index (χ2v) is 8.81. The Morgan fingerprint density at radius 1 is 1.09 bits per heavy atom. The molecule has 0 saturated carbocycles. The highest BCUT2D eigenvalue weighted by atomic mass is 32.1. The van der Waals surface area contributed by atoms with E-state index in [0.29, 0.717) is 49.1 Å². The molecular weight excluding hydrogens is 441 g/mol. The minimum absolute atomic E-state index is 0.146. The molecule has 0 N–H and O–H groups in total. The normalized spacial score (nSPS) is 14.5. The van der Waals surface area contributed by atoms with E-state index >= 15 is 0 Å². The van der Waals surface area contributed by atoms with E-state index < -0.39 is 0 Å². The molecule has 1 aliphatic rings. The molecule has 0 spiro atoms. The highest BCUT2D eigenvalue weighted by molar-refractivity contribution is 7.21. The summed E-state index contributed by atoms with van der Waals surface area (Å²) in [4.78, 5) is 30.8. The first-order chi connectivity index (χ1) is 16.1. The molecule has 0 aliphatic carbocycles. The van der Waals surface area contributed by atoms with E-state index in [0.717, 1.165) is 15.8 Å². The standard InChI is InChI=1S/C24H22FN5O2S/c1-32-19-7-6-16(14-17(19)25)15-29-10-12-30(13-11-29)24(31)22-21(26-8-9-27-22)23-28-18-4-2-3-5-20(18)33-23/h2-9,14H,10-13,15H2,1H3. The van der Waals surface area contributed by atoms with Crippen molar-refractivity contribution in [3.8, 4) is 16.5 Å². The lowest BCUT2D eigenvalue weighted by Gasteiger charge is -2.34. The van der Waals surface area contributed by atoms with Gasteiger partial charge in [0, 0.05) is 45.1 Å². The van der Waals surface area contributed by atoms with Gasteiger partial charge in [-0.05, 0) is 29.8 Å². The average molecular weight is 464 g/mol. The number of benzene rings is 2. The molecular formula is C24H22FN5O2S. The third-order valence-electron chi connectivity index (χ3n) is 5.68. The number of aromatic nitrogens is 3. The van der Waals surface area contributed by atoms with Crippen LogP contribution in [-0.4, -0.2) is 63.9 Å². The van der Waals surface area contributed by atoms with E-state index in [2.05, 4.69) is 19.9 Å². The summed E-state index contributed by atoms with van der Waals surface area (Å²) < 4.78 is 20.0. The third-order valence-corrected chi connectivity index (χ3v) is 6.72. The number of ether oxygens (including phenoxy) is 1. The van der Waals surface area contributed by atoms with Crippen molar-refractivity contribution >= 4 is 27.5 Å². The van der Waals surface area contributed by atoms with Crippen molar-refractivity contribution in [3.63, 3.8) is 0 Å². The van der Waals surface area contributed by atoms with E-state index in [9.17, 15) is 9.18 Å². The van der Waals surface area contributed by atoms with Crippen LogP contribution in [0.2, 0.25) is 0 Å². The van der Waals surface area contributed by atoms with Gasteiger partial charge in [0.2, 0.25) is 0 Å². The summed E-state index contributed by atoms with van der Waals surface area (Å²) in [6, 6.07) is 12.9. The molecule has 7 nitrogen and oxygen atoms in total. The van der Waals surface area contributed by atoms with Crippen LogP contribution in [0.5, 0.6) is 5.75 Å². The van der Waals surface area contributed by atoms with Crippen molar-refractivity contribution in [3.05, 3.63) is 71.9 Å². The van der Waals surface area contributed by atoms with Crippen molar-refractivity contribution < 1.29 is 13.9 Å². The van der Waals surface area contributed by atoms with Crippen LogP contribution in [0, 0.1) is 5.82 Å². The van der Waals surface area contributed by atoms with E-state index in [4.69, 9.17) is 4.74 Å². The van der Waals surface area contributed by atoms with Crippen LogP contribution in [0.25, 0.3) is 20.9 Å². The van der Waals surface area contributed by atoms with Gasteiger partial charge in [-0.25, -0.2) is 19.3 Å². The lowest BCUT2D eigenvalue weighted by molar-refractivity contribution is 0.0623. The molecule has 0 radical (unpaired) electrons. The first-order valence-electron chi connectivity index (χ1n) is 10.6. The number of carbonyl (C=O) groups excluding carboxylic acids is 1. The molecule has 1 aliphatic heterocycles. The van der Waals surface area contributed by atoms with E-state index in [-0.39, 0.29) is 17.5 Å². The topological polar surface area (TPSA) is 71.5 Å². The summed E-state index contributed by atoms with van der Waals surface area (Å²) in [7, 11) is 1.45. The number of hydrogen-bond acceptors (Lipinski definition) is 7. The number of thiazole rings is 1. The number of hydrogen-bond donors (Lipinski definition) is 0. The van der Waals surface area contributed by atoms with Crippen molar-refractivity contribution in [2.75, 3.05) is 33.3 Å². The van der Waals surface area contributed by atoms with Gasteiger partial charge >= 0.3 is 0 Å². The van der Waals surface area contributed by atoms with Crippen LogP contribution < -0.4 is 4.74 Å². The molecule has 0 atom stereocenters. The minimum Gasteiger partial charge on any atom is -0.494 e. The Morgan fingerprint density at radius 2 is 1.88 bits per heavy atom. The van der Waals surface area contributed by atoms with Crippen LogP contribution in [0.1, 0.15) is 16.1 Å². The van der Waals surface area contributed by atoms with Gasteiger partial charge in [-0.3, -0.25) is 9.69 Å². The number of nitrogens with zero attached hydrogens (tertiary/aromatic N) is 5. The van der Waals surface area contributed by atoms with E-state index in [1.54, 1.807) is 23.4 Å². The molecule has 33 heavy (non-hydrogen) atoms. The monoisotopic (exact) mass is 463 g/mol. The van der Waals surface area contributed by atoms with Gasteiger partial charge in [-0.15, -0.1) is 11.3 Å². The summed E-state index contributed by atoms with van der Waals surface area (Å²) in [5.41, 5.74) is 2.59. The maximum atomic E-state index is 14.0. The second-order valence-electron chi connectivity index (χ2n) is 7.78. The van der Waals surface area contributed by atoms with Crippen LogP contribution >= 0.6 is 11.3 Å². The van der Waals surface area contributed by atoms with Gasteiger partial charge < -0.3 is 9.64 Å². The van der Waals surface area contributed by atoms with Crippen molar-refractivity contribution in [2.24, 2.45) is 0 Å². The van der Waals surface area contributed by atoms with Crippen LogP contribution in [-0.2, 0) is 6.54 Å². The Labute approximate surface area is 194 Å². The molecule has 2 aromatic heterocycles. The first kappa shape index (κ1) is 21.4. The highest BCUT2D eigenvalue weighted by Gasteiger charge is 2.27. The fourth-order valence-electron chi connectivity index (χ4n) is 3.95. The van der Waals surface area contributed by atoms with Crippen LogP contribution in [0.4, 0.5) is 4.39 Å². The highest BCUT2D eigenvalue weighted by Crippen LogP contribution is 2.30. The number of piperazine rings is 1. The fraction of sp³-hybridized carbons (Fsp3) is 0.250. The number of rotatable bonds is 5. The lowest BCUT2D eigenvalue weighted by Crippen LogP contribution is -2.48. The summed E-state index contributed by atoms with van der Waals surface area (Å²) in [5, 5.41) is 0.688. The number of halogens is 1. The summed E-state index contributed by atoms with van der Waals surface area (Å²) >= 11 is 1.50. The quantitative estimate of drug-likeness (QED) is 0.448. The van der Waals surface area contributed by atoms with Gasteiger partial charge in [-0.1, -0.05) is 18.2 Å². The largest absolute Gasteiger partial charge is 0.494 e. The predicted molar refractivity (Wildman–Crippen MR) is 125 cm³/mol. The molecule has 3 heterocycles. The molecule has 1 amide bonds. The summed E-state index contributed by atoms with van der Waals surface area (Å²) in [6.45, 7) is 3.12. The molecule has 1 saturated heterocycles. The number of methoxy groups -OCH3 is 1. The molecule has 2 aromatic carbocycles. The lowest BCUT2D eigenvalue weighted by atomic mass is 10.1. The Balaban J connectivity index is 1.28. The molecule has 0 unspecified atom stereocenters. The Bertz CT molecular complexity index is 1270. The average Bonchev–Trinajstić information content (AvgIpc) is 3.28. The third kappa shape index (κ3) is 4.42. The number of amides is 1. The Kier molecular flexibility index (Phi) is 5.97. The van der Waals surface area contributed by atoms with Crippen molar-refractivity contribution in [1.82, 2.24) is 24.8 Å². The van der Waals surface area contributed by atoms with Gasteiger partial charge in [0.1, 0.15) is 10.7 Å². The van der Waals surface area contributed by atoms with Gasteiger partial charge in [-0.2, -0.15) is 0 Å². The molecule has 5 rings (SSSR count). The molecule has 4 aromatic rings. The maximum Gasteiger partial charge on any atom is 0.274 e. The fourth-order valence-corrected chi connectivity index (χ4v) is 4.91. The Hall–Kier alpha value is -3.43. The van der Waals surface area contributed by atoms with Crippen LogP contribution in [0.3, 0.4) is 0 Å². The van der Waals surface area contributed by atoms with Crippen LogP contribution in [0.15, 0.2) is 54.9 Å². The zero-order valence-electron chi connectivity index (χ0n) is 18.1. The maximum absolute atomic E-state index is 14.0. The van der Waals surface area contributed by atoms with E-state index in [1.807, 2.05) is 30.3 Å². The van der Waals surface area contributed by atoms with Crippen molar-refractivity contribution in [1.29, 1.82) is 0 Å². The van der Waals surface area contributed by atoms with Crippen molar-refractivity contribution in [2.45, 2.75) is 6.54 Å².